The molecule has 2 aromatic carbocycles. The zero-order valence-corrected chi connectivity index (χ0v) is 18.7. The molecule has 0 saturated heterocycles. The number of rotatable bonds is 9. The van der Waals surface area contributed by atoms with Crippen LogP contribution in [0.2, 0.25) is 0 Å². The van der Waals surface area contributed by atoms with Crippen LogP contribution < -0.4 is 10.1 Å². The smallest absolute Gasteiger partial charge is 0.412 e. The van der Waals surface area contributed by atoms with Gasteiger partial charge in [0.05, 0.1) is 6.61 Å². The van der Waals surface area contributed by atoms with E-state index >= 15 is 0 Å². The van der Waals surface area contributed by atoms with Crippen LogP contribution in [-0.2, 0) is 26.3 Å². The van der Waals surface area contributed by atoms with Gasteiger partial charge in [-0.15, -0.1) is 0 Å². The Kier molecular flexibility index (Phi) is 8.05. The van der Waals surface area contributed by atoms with E-state index in [2.05, 4.69) is 5.32 Å². The first-order chi connectivity index (χ1) is 14.5. The third-order valence-corrected chi connectivity index (χ3v) is 4.50. The van der Waals surface area contributed by atoms with Gasteiger partial charge in [-0.05, 0) is 70.0 Å². The standard InChI is InChI=1S/C24H31NO6/c1-6-30-24(5,21(26)27)18-9-13-20(14-10-18)29-16-15-17-7-11-19(12-8-17)25-22(28)31-23(2,3)4/h7-14H,6,15-16H2,1-5H3,(H,25,28)(H,26,27)/t24-/m0/s1. The summed E-state index contributed by atoms with van der Waals surface area (Å²) >= 11 is 0. The molecule has 0 fully saturated rings. The normalized spacial score (nSPS) is 13.2. The second kappa shape index (κ2) is 10.3. The highest BCUT2D eigenvalue weighted by atomic mass is 16.6. The SMILES string of the molecule is CCO[C@](C)(C(=O)O)c1ccc(OCCc2ccc(NC(=O)OC(C)(C)C)cc2)cc1. The van der Waals surface area contributed by atoms with E-state index in [1.807, 2.05) is 45.0 Å². The maximum atomic E-state index is 11.8. The van der Waals surface area contributed by atoms with Crippen LogP contribution in [-0.4, -0.2) is 36.0 Å². The van der Waals surface area contributed by atoms with Crippen molar-refractivity contribution in [3.63, 3.8) is 0 Å². The Labute approximate surface area is 183 Å². The van der Waals surface area contributed by atoms with Gasteiger partial charge >= 0.3 is 12.1 Å². The minimum absolute atomic E-state index is 0.299. The number of hydrogen-bond acceptors (Lipinski definition) is 5. The summed E-state index contributed by atoms with van der Waals surface area (Å²) in [6.07, 6.45) is 0.190. The van der Waals surface area contributed by atoms with E-state index in [4.69, 9.17) is 14.2 Å². The Bertz CT molecular complexity index is 870. The van der Waals surface area contributed by atoms with Crippen molar-refractivity contribution in [2.24, 2.45) is 0 Å². The highest BCUT2D eigenvalue weighted by Gasteiger charge is 2.35. The van der Waals surface area contributed by atoms with Gasteiger partial charge in [0.1, 0.15) is 11.4 Å². The fourth-order valence-corrected chi connectivity index (χ4v) is 2.89. The first-order valence-electron chi connectivity index (χ1n) is 10.2. The highest BCUT2D eigenvalue weighted by Crippen LogP contribution is 2.27. The highest BCUT2D eigenvalue weighted by molar-refractivity contribution is 5.84. The van der Waals surface area contributed by atoms with Crippen LogP contribution in [0.25, 0.3) is 0 Å². The number of hydrogen-bond donors (Lipinski definition) is 2. The summed E-state index contributed by atoms with van der Waals surface area (Å²) in [5.41, 5.74) is 0.339. The predicted molar refractivity (Wildman–Crippen MR) is 119 cm³/mol. The predicted octanol–water partition coefficient (Wildman–Crippen LogP) is 4.99. The first-order valence-corrected chi connectivity index (χ1v) is 10.2. The average Bonchev–Trinajstić information content (AvgIpc) is 2.68. The van der Waals surface area contributed by atoms with Crippen molar-refractivity contribution in [3.05, 3.63) is 59.7 Å². The monoisotopic (exact) mass is 429 g/mol. The third kappa shape index (κ3) is 7.29. The summed E-state index contributed by atoms with van der Waals surface area (Å²) < 4.78 is 16.4. The molecule has 168 valence electrons. The molecule has 0 radical (unpaired) electrons. The van der Waals surface area contributed by atoms with Crippen LogP contribution in [0.15, 0.2) is 48.5 Å². The molecule has 0 aromatic heterocycles. The van der Waals surface area contributed by atoms with Gasteiger partial charge in [-0.3, -0.25) is 5.32 Å². The largest absolute Gasteiger partial charge is 0.493 e. The summed E-state index contributed by atoms with van der Waals surface area (Å²) in [5, 5.41) is 12.2. The summed E-state index contributed by atoms with van der Waals surface area (Å²) in [7, 11) is 0. The van der Waals surface area contributed by atoms with E-state index in [1.165, 1.54) is 6.92 Å². The molecule has 0 spiro atoms. The lowest BCUT2D eigenvalue weighted by atomic mass is 9.96. The van der Waals surface area contributed by atoms with Crippen molar-refractivity contribution < 1.29 is 28.9 Å². The molecule has 1 amide bonds. The van der Waals surface area contributed by atoms with Gasteiger partial charge in [0.15, 0.2) is 5.60 Å². The quantitative estimate of drug-likeness (QED) is 0.583. The number of aliphatic carboxylic acids is 1. The third-order valence-electron chi connectivity index (χ3n) is 4.50. The van der Waals surface area contributed by atoms with Crippen LogP contribution in [0, 0.1) is 0 Å². The Morgan fingerprint density at radius 3 is 2.10 bits per heavy atom. The molecule has 1 atom stereocenters. The number of carbonyl (C=O) groups is 2. The molecule has 0 bridgehead atoms. The van der Waals surface area contributed by atoms with Crippen LogP contribution >= 0.6 is 0 Å². The lowest BCUT2D eigenvalue weighted by Gasteiger charge is -2.25. The molecule has 0 unspecified atom stereocenters. The fraction of sp³-hybridized carbons (Fsp3) is 0.417. The zero-order valence-electron chi connectivity index (χ0n) is 18.7. The topological polar surface area (TPSA) is 94.1 Å². The lowest BCUT2D eigenvalue weighted by molar-refractivity contribution is -0.164. The minimum atomic E-state index is -1.39. The Balaban J connectivity index is 1.86. The maximum absolute atomic E-state index is 11.8. The van der Waals surface area contributed by atoms with Crippen LogP contribution in [0.3, 0.4) is 0 Å². The zero-order chi connectivity index (χ0) is 23.1. The molecule has 7 nitrogen and oxygen atoms in total. The number of carboxylic acid groups (broad SMARTS) is 1. The van der Waals surface area contributed by atoms with Crippen molar-refractivity contribution in [2.45, 2.75) is 52.2 Å². The van der Waals surface area contributed by atoms with Crippen LogP contribution in [0.1, 0.15) is 45.7 Å². The molecule has 2 rings (SSSR count). The van der Waals surface area contributed by atoms with Gasteiger partial charge in [0.25, 0.3) is 0 Å². The van der Waals surface area contributed by atoms with E-state index in [1.54, 1.807) is 31.2 Å². The van der Waals surface area contributed by atoms with Crippen molar-refractivity contribution >= 4 is 17.7 Å². The fourth-order valence-electron chi connectivity index (χ4n) is 2.89. The van der Waals surface area contributed by atoms with Crippen molar-refractivity contribution in [3.8, 4) is 5.75 Å². The van der Waals surface area contributed by atoms with Gasteiger partial charge < -0.3 is 19.3 Å². The summed E-state index contributed by atoms with van der Waals surface area (Å²) in [4.78, 5) is 23.4. The molecular weight excluding hydrogens is 398 g/mol. The average molecular weight is 430 g/mol. The van der Waals surface area contributed by atoms with E-state index in [0.717, 1.165) is 5.56 Å². The molecule has 31 heavy (non-hydrogen) atoms. The minimum Gasteiger partial charge on any atom is -0.493 e. The maximum Gasteiger partial charge on any atom is 0.412 e. The van der Waals surface area contributed by atoms with Gasteiger partial charge in [0, 0.05) is 18.7 Å². The Morgan fingerprint density at radius 2 is 1.58 bits per heavy atom. The first kappa shape index (κ1) is 24.2. The van der Waals surface area contributed by atoms with Crippen molar-refractivity contribution in [2.75, 3.05) is 18.5 Å². The Hall–Kier alpha value is -3.06. The van der Waals surface area contributed by atoms with Gasteiger partial charge in [-0.1, -0.05) is 24.3 Å². The molecule has 0 aliphatic rings. The van der Waals surface area contributed by atoms with E-state index in [9.17, 15) is 14.7 Å². The molecule has 0 aliphatic carbocycles. The van der Waals surface area contributed by atoms with E-state index < -0.39 is 23.3 Å². The molecule has 7 heteroatoms. The molecule has 0 aliphatic heterocycles. The lowest BCUT2D eigenvalue weighted by Crippen LogP contribution is -2.35. The van der Waals surface area contributed by atoms with E-state index in [0.29, 0.717) is 36.6 Å². The second-order valence-corrected chi connectivity index (χ2v) is 8.22. The molecule has 2 N–H and O–H groups in total. The molecule has 2 aromatic rings. The number of amides is 1. The number of benzene rings is 2. The number of carbonyl (C=O) groups excluding carboxylic acids is 1. The van der Waals surface area contributed by atoms with Gasteiger partial charge in [0.2, 0.25) is 0 Å². The van der Waals surface area contributed by atoms with Gasteiger partial charge in [-0.2, -0.15) is 0 Å². The Morgan fingerprint density at radius 1 is 0.968 bits per heavy atom. The molecule has 0 heterocycles. The molecular formula is C24H31NO6. The molecule has 0 saturated carbocycles. The van der Waals surface area contributed by atoms with Crippen LogP contribution in [0.4, 0.5) is 10.5 Å². The number of nitrogens with one attached hydrogen (secondary N) is 1. The summed E-state index contributed by atoms with van der Waals surface area (Å²) in [5.74, 6) is -0.385. The number of anilines is 1. The number of carboxylic acids is 1. The van der Waals surface area contributed by atoms with Crippen LogP contribution in [0.5, 0.6) is 5.75 Å². The van der Waals surface area contributed by atoms with Crippen molar-refractivity contribution in [1.29, 1.82) is 0 Å². The van der Waals surface area contributed by atoms with Crippen molar-refractivity contribution in [1.82, 2.24) is 0 Å². The van der Waals surface area contributed by atoms with Gasteiger partial charge in [-0.25, -0.2) is 9.59 Å². The summed E-state index contributed by atoms with van der Waals surface area (Å²) in [6, 6.07) is 14.3. The van der Waals surface area contributed by atoms with E-state index in [-0.39, 0.29) is 0 Å². The summed E-state index contributed by atoms with van der Waals surface area (Å²) in [6.45, 7) is 9.49. The second-order valence-electron chi connectivity index (χ2n) is 8.22. The number of ether oxygens (including phenoxy) is 3.